The second-order valence-corrected chi connectivity index (χ2v) is 9.10. The lowest BCUT2D eigenvalue weighted by Crippen LogP contribution is -2.43. The molecule has 1 fully saturated rings. The molecule has 0 amide bonds. The molecule has 1 atom stereocenters. The van der Waals surface area contributed by atoms with Crippen LogP contribution in [-0.2, 0) is 9.84 Å². The van der Waals surface area contributed by atoms with Gasteiger partial charge in [-0.15, -0.1) is 35.3 Å². The number of halogens is 1. The van der Waals surface area contributed by atoms with E-state index in [1.807, 2.05) is 16.7 Å². The third-order valence-electron chi connectivity index (χ3n) is 3.01. The van der Waals surface area contributed by atoms with Crippen LogP contribution in [0.25, 0.3) is 0 Å². The monoisotopic (exact) mass is 477 g/mol. The topological polar surface area (TPSA) is 96.0 Å². The molecule has 3 N–H and O–H groups in total. The first-order valence-corrected chi connectivity index (χ1v) is 10.2. The molecule has 2 rings (SSSR count). The van der Waals surface area contributed by atoms with Crippen LogP contribution in [0.1, 0.15) is 0 Å². The maximum Gasteiger partial charge on any atom is 0.191 e. The van der Waals surface area contributed by atoms with Gasteiger partial charge in [0.25, 0.3) is 0 Å². The predicted molar refractivity (Wildman–Crippen MR) is 103 cm³/mol. The summed E-state index contributed by atoms with van der Waals surface area (Å²) in [7, 11) is -3.45. The number of thiophene rings is 1. The Morgan fingerprint density at radius 1 is 1.45 bits per heavy atom. The van der Waals surface area contributed by atoms with Crippen molar-refractivity contribution in [2.24, 2.45) is 10.7 Å². The molecule has 126 valence electrons. The minimum Gasteiger partial charge on any atom is -0.390 e. The van der Waals surface area contributed by atoms with Crippen LogP contribution in [0.3, 0.4) is 0 Å². The van der Waals surface area contributed by atoms with Crippen molar-refractivity contribution >= 4 is 62.9 Å². The number of hydrogen-bond acceptors (Lipinski definition) is 6. The summed E-state index contributed by atoms with van der Waals surface area (Å²) >= 11 is 3.02. The SMILES string of the molecule is I.NC(=NCC(O)CS(=O)(=O)c1cccs1)N1CCSCC1. The van der Waals surface area contributed by atoms with Crippen molar-refractivity contribution in [3.8, 4) is 0 Å². The molecule has 0 bridgehead atoms. The van der Waals surface area contributed by atoms with Crippen LogP contribution in [-0.4, -0.2) is 67.4 Å². The Kier molecular flexibility index (Phi) is 8.46. The third kappa shape index (κ3) is 5.87. The lowest BCUT2D eigenvalue weighted by molar-refractivity contribution is 0.205. The number of guanidine groups is 1. The number of hydrogen-bond donors (Lipinski definition) is 2. The smallest absolute Gasteiger partial charge is 0.191 e. The first kappa shape index (κ1) is 20.0. The van der Waals surface area contributed by atoms with Crippen LogP contribution in [0.2, 0.25) is 0 Å². The van der Waals surface area contributed by atoms with Gasteiger partial charge in [0, 0.05) is 24.6 Å². The normalized spacial score (nSPS) is 17.9. The minimum absolute atomic E-state index is 0. The van der Waals surface area contributed by atoms with E-state index in [0.717, 1.165) is 35.9 Å². The van der Waals surface area contributed by atoms with Gasteiger partial charge in [0.05, 0.1) is 18.4 Å². The predicted octanol–water partition coefficient (Wildman–Crippen LogP) is 0.864. The van der Waals surface area contributed by atoms with Crippen LogP contribution >= 0.6 is 47.1 Å². The van der Waals surface area contributed by atoms with E-state index in [2.05, 4.69) is 4.99 Å². The fraction of sp³-hybridized carbons (Fsp3) is 0.583. The van der Waals surface area contributed by atoms with Gasteiger partial charge < -0.3 is 15.7 Å². The van der Waals surface area contributed by atoms with Gasteiger partial charge in [-0.3, -0.25) is 4.99 Å². The molecule has 22 heavy (non-hydrogen) atoms. The molecule has 0 aromatic carbocycles. The van der Waals surface area contributed by atoms with Crippen molar-refractivity contribution in [3.63, 3.8) is 0 Å². The van der Waals surface area contributed by atoms with E-state index < -0.39 is 15.9 Å². The fourth-order valence-electron chi connectivity index (χ4n) is 1.92. The highest BCUT2D eigenvalue weighted by Crippen LogP contribution is 2.18. The van der Waals surface area contributed by atoms with E-state index in [4.69, 9.17) is 5.73 Å². The summed E-state index contributed by atoms with van der Waals surface area (Å²) in [6.07, 6.45) is -1.05. The minimum atomic E-state index is -3.45. The highest BCUT2D eigenvalue weighted by molar-refractivity contribution is 14.0. The molecular formula is C12H20IN3O3S3. The molecule has 1 aliphatic rings. The Bertz CT molecular complexity index is 572. The molecule has 1 aromatic heterocycles. The van der Waals surface area contributed by atoms with E-state index >= 15 is 0 Å². The largest absolute Gasteiger partial charge is 0.390 e. The van der Waals surface area contributed by atoms with Crippen molar-refractivity contribution in [1.82, 2.24) is 4.90 Å². The van der Waals surface area contributed by atoms with Crippen LogP contribution in [0.15, 0.2) is 26.7 Å². The highest BCUT2D eigenvalue weighted by Gasteiger charge is 2.21. The first-order chi connectivity index (χ1) is 9.99. The third-order valence-corrected chi connectivity index (χ3v) is 7.24. The van der Waals surface area contributed by atoms with Gasteiger partial charge in [0.2, 0.25) is 0 Å². The van der Waals surface area contributed by atoms with Crippen molar-refractivity contribution < 1.29 is 13.5 Å². The van der Waals surface area contributed by atoms with Gasteiger partial charge in [-0.1, -0.05) is 6.07 Å². The van der Waals surface area contributed by atoms with E-state index in [9.17, 15) is 13.5 Å². The number of aliphatic imine (C=N–C) groups is 1. The van der Waals surface area contributed by atoms with E-state index in [-0.39, 0.29) is 40.5 Å². The molecule has 0 saturated carbocycles. The van der Waals surface area contributed by atoms with Crippen molar-refractivity contribution in [2.75, 3.05) is 36.9 Å². The van der Waals surface area contributed by atoms with E-state index in [1.165, 1.54) is 6.07 Å². The Morgan fingerprint density at radius 2 is 2.14 bits per heavy atom. The van der Waals surface area contributed by atoms with Gasteiger partial charge in [0.1, 0.15) is 4.21 Å². The number of sulfone groups is 1. The van der Waals surface area contributed by atoms with Gasteiger partial charge in [-0.25, -0.2) is 8.42 Å². The lowest BCUT2D eigenvalue weighted by atomic mass is 10.4. The van der Waals surface area contributed by atoms with Crippen LogP contribution in [0.5, 0.6) is 0 Å². The van der Waals surface area contributed by atoms with E-state index in [0.29, 0.717) is 5.96 Å². The molecule has 2 heterocycles. The second kappa shape index (κ2) is 9.30. The Labute approximate surface area is 156 Å². The van der Waals surface area contributed by atoms with Crippen molar-refractivity contribution in [3.05, 3.63) is 17.5 Å². The molecule has 10 heteroatoms. The Morgan fingerprint density at radius 3 is 2.73 bits per heavy atom. The van der Waals surface area contributed by atoms with Gasteiger partial charge >= 0.3 is 0 Å². The van der Waals surface area contributed by atoms with Crippen molar-refractivity contribution in [2.45, 2.75) is 10.3 Å². The summed E-state index contributed by atoms with van der Waals surface area (Å²) in [4.78, 5) is 6.07. The number of nitrogens with zero attached hydrogens (tertiary/aromatic N) is 2. The van der Waals surface area contributed by atoms with Gasteiger partial charge in [-0.05, 0) is 11.4 Å². The van der Waals surface area contributed by atoms with Crippen LogP contribution in [0, 0.1) is 0 Å². The van der Waals surface area contributed by atoms with Gasteiger partial charge in [-0.2, -0.15) is 11.8 Å². The Balaban J connectivity index is 0.00000242. The summed E-state index contributed by atoms with van der Waals surface area (Å²) in [6.45, 7) is 1.67. The lowest BCUT2D eigenvalue weighted by Gasteiger charge is -2.27. The summed E-state index contributed by atoms with van der Waals surface area (Å²) in [5, 5.41) is 11.6. The molecule has 1 saturated heterocycles. The maximum atomic E-state index is 12.0. The number of thioether (sulfide) groups is 1. The second-order valence-electron chi connectivity index (χ2n) is 4.67. The fourth-order valence-corrected chi connectivity index (χ4v) is 5.29. The Hall–Kier alpha value is -0.0400. The van der Waals surface area contributed by atoms with Crippen LogP contribution < -0.4 is 5.73 Å². The number of nitrogens with two attached hydrogens (primary N) is 1. The highest BCUT2D eigenvalue weighted by atomic mass is 127. The summed E-state index contributed by atoms with van der Waals surface area (Å²) in [6, 6.07) is 3.21. The van der Waals surface area contributed by atoms with Crippen molar-refractivity contribution in [1.29, 1.82) is 0 Å². The average Bonchev–Trinajstić information content (AvgIpc) is 3.00. The first-order valence-electron chi connectivity index (χ1n) is 6.56. The molecule has 0 spiro atoms. The number of aliphatic hydroxyl groups excluding tert-OH is 1. The molecule has 1 aromatic rings. The summed E-state index contributed by atoms with van der Waals surface area (Å²) in [5.41, 5.74) is 5.86. The molecule has 0 aliphatic carbocycles. The zero-order valence-corrected chi connectivity index (χ0v) is 16.7. The standard InChI is InChI=1S/C12H19N3O3S3.HI/c13-12(15-3-6-19-7-4-15)14-8-10(16)9-21(17,18)11-2-1-5-20-11;/h1-2,5,10,16H,3-4,6-9H2,(H2,13,14);1H. The molecule has 6 nitrogen and oxygen atoms in total. The van der Waals surface area contributed by atoms with Gasteiger partial charge in [0.15, 0.2) is 15.8 Å². The molecule has 1 aliphatic heterocycles. The van der Waals surface area contributed by atoms with Crippen LogP contribution in [0.4, 0.5) is 0 Å². The average molecular weight is 477 g/mol. The summed E-state index contributed by atoms with van der Waals surface area (Å²) < 4.78 is 24.3. The summed E-state index contributed by atoms with van der Waals surface area (Å²) in [5.74, 6) is 2.06. The molecule has 0 radical (unpaired) electrons. The van der Waals surface area contributed by atoms with E-state index in [1.54, 1.807) is 11.4 Å². The zero-order chi connectivity index (χ0) is 15.3. The molecular weight excluding hydrogens is 457 g/mol. The zero-order valence-electron chi connectivity index (χ0n) is 11.9. The molecule has 1 unspecified atom stereocenters. The quantitative estimate of drug-likeness (QED) is 0.371. The number of rotatable bonds is 5. The number of aliphatic hydroxyl groups is 1. The maximum absolute atomic E-state index is 12.0.